The molecule has 1 aliphatic carbocycles. The van der Waals surface area contributed by atoms with E-state index in [2.05, 4.69) is 30.5 Å². The third-order valence-corrected chi connectivity index (χ3v) is 4.86. The number of nitrogens with zero attached hydrogens (tertiary/aromatic N) is 4. The van der Waals surface area contributed by atoms with Crippen molar-refractivity contribution in [2.75, 3.05) is 24.3 Å². The van der Waals surface area contributed by atoms with Gasteiger partial charge in [-0.05, 0) is 31.0 Å². The van der Waals surface area contributed by atoms with E-state index in [9.17, 15) is 4.39 Å². The van der Waals surface area contributed by atoms with Crippen molar-refractivity contribution in [3.05, 3.63) is 48.0 Å². The molecule has 0 aliphatic heterocycles. The summed E-state index contributed by atoms with van der Waals surface area (Å²) >= 11 is 0. The molecule has 1 aromatic carbocycles. The number of fused-ring (bicyclic) bond motifs is 1. The van der Waals surface area contributed by atoms with Crippen LogP contribution in [0, 0.1) is 5.82 Å². The van der Waals surface area contributed by atoms with Crippen molar-refractivity contribution in [3.8, 4) is 11.8 Å². The number of benzene rings is 1. The summed E-state index contributed by atoms with van der Waals surface area (Å²) in [4.78, 5) is 13.6. The largest absolute Gasteiger partial charge is 0.421 e. The Morgan fingerprint density at radius 2 is 2.00 bits per heavy atom. The van der Waals surface area contributed by atoms with Crippen molar-refractivity contribution in [2.45, 2.75) is 18.8 Å². The average Bonchev–Trinajstić information content (AvgIpc) is 3.25. The van der Waals surface area contributed by atoms with E-state index in [-0.39, 0.29) is 11.8 Å². The van der Waals surface area contributed by atoms with E-state index in [1.807, 2.05) is 25.1 Å². The highest BCUT2D eigenvalue weighted by Crippen LogP contribution is 2.39. The second-order valence-electron chi connectivity index (χ2n) is 7.31. The average molecular weight is 393 g/mol. The molecule has 1 fully saturated rings. The van der Waals surface area contributed by atoms with Crippen LogP contribution in [0.5, 0.6) is 11.8 Å². The summed E-state index contributed by atoms with van der Waals surface area (Å²) in [6.45, 7) is 0. The zero-order chi connectivity index (χ0) is 20.0. The number of hydrogen-bond acceptors (Lipinski definition) is 6. The Labute approximate surface area is 166 Å². The highest BCUT2D eigenvalue weighted by molar-refractivity contribution is 5.81. The zero-order valence-electron chi connectivity index (χ0n) is 16.0. The van der Waals surface area contributed by atoms with Crippen LogP contribution < -0.4 is 15.0 Å². The summed E-state index contributed by atoms with van der Waals surface area (Å²) < 4.78 is 20.4. The summed E-state index contributed by atoms with van der Waals surface area (Å²) in [6, 6.07) is 8.79. The van der Waals surface area contributed by atoms with Crippen molar-refractivity contribution in [1.29, 1.82) is 0 Å². The Balaban J connectivity index is 1.45. The first-order chi connectivity index (χ1) is 14.1. The van der Waals surface area contributed by atoms with Gasteiger partial charge in [-0.1, -0.05) is 0 Å². The molecular formula is C20H20FN7O. The minimum Gasteiger partial charge on any atom is -0.421 e. The molecule has 0 atom stereocenters. The van der Waals surface area contributed by atoms with Gasteiger partial charge in [0.05, 0.1) is 0 Å². The molecule has 0 amide bonds. The predicted molar refractivity (Wildman–Crippen MR) is 109 cm³/mol. The fourth-order valence-electron chi connectivity index (χ4n) is 3.14. The quantitative estimate of drug-likeness (QED) is 0.452. The molecule has 0 radical (unpaired) electrons. The van der Waals surface area contributed by atoms with Crippen LogP contribution in [-0.4, -0.2) is 39.2 Å². The molecular weight excluding hydrogens is 373 g/mol. The van der Waals surface area contributed by atoms with Crippen LogP contribution in [0.2, 0.25) is 0 Å². The van der Waals surface area contributed by atoms with Gasteiger partial charge in [-0.2, -0.15) is 15.1 Å². The van der Waals surface area contributed by atoms with Crippen molar-refractivity contribution in [3.63, 3.8) is 0 Å². The maximum absolute atomic E-state index is 14.7. The summed E-state index contributed by atoms with van der Waals surface area (Å²) in [5.74, 6) is 1.98. The maximum Gasteiger partial charge on any atom is 0.326 e. The fraction of sp³-hybridized carbons (Fsp3) is 0.250. The van der Waals surface area contributed by atoms with Gasteiger partial charge < -0.3 is 19.9 Å². The molecule has 9 heteroatoms. The first-order valence-electron chi connectivity index (χ1n) is 9.39. The van der Waals surface area contributed by atoms with E-state index in [1.54, 1.807) is 30.5 Å². The number of hydrogen-bond donors (Lipinski definition) is 3. The topological polar surface area (TPSA) is 94.8 Å². The van der Waals surface area contributed by atoms with E-state index >= 15 is 0 Å². The lowest BCUT2D eigenvalue weighted by molar-refractivity contribution is 0.414. The standard InChI is InChI=1S/C20H20FN7O/c1-28(2)18-10-16(23-17-9-14(26-27-17)11-3-4-11)24-20(25-18)29-15-6-5-13-12(19(15)21)7-8-22-13/h5-11,22H,3-4H2,1-2H3,(H2,23,24,25,26,27). The number of anilines is 3. The molecule has 4 aromatic rings. The van der Waals surface area contributed by atoms with Crippen LogP contribution in [0.1, 0.15) is 24.5 Å². The van der Waals surface area contributed by atoms with Crippen molar-refractivity contribution >= 4 is 28.4 Å². The smallest absolute Gasteiger partial charge is 0.326 e. The lowest BCUT2D eigenvalue weighted by Crippen LogP contribution is -2.12. The molecule has 8 nitrogen and oxygen atoms in total. The molecule has 1 aliphatic rings. The monoisotopic (exact) mass is 393 g/mol. The van der Waals surface area contributed by atoms with E-state index in [0.29, 0.717) is 34.3 Å². The number of halogens is 1. The summed E-state index contributed by atoms with van der Waals surface area (Å²) in [7, 11) is 3.73. The molecule has 29 heavy (non-hydrogen) atoms. The maximum atomic E-state index is 14.7. The Morgan fingerprint density at radius 1 is 1.14 bits per heavy atom. The van der Waals surface area contributed by atoms with Crippen LogP contribution in [0.3, 0.4) is 0 Å². The molecule has 148 valence electrons. The molecule has 3 N–H and O–H groups in total. The number of nitrogens with one attached hydrogen (secondary N) is 3. The molecule has 3 heterocycles. The predicted octanol–water partition coefficient (Wildman–Crippen LogP) is 4.30. The minimum atomic E-state index is -0.460. The van der Waals surface area contributed by atoms with Crippen LogP contribution in [0.15, 0.2) is 36.5 Å². The number of ether oxygens (including phenoxy) is 1. The summed E-state index contributed by atoms with van der Waals surface area (Å²) in [5.41, 5.74) is 1.82. The fourth-order valence-corrected chi connectivity index (χ4v) is 3.14. The Kier molecular flexibility index (Phi) is 4.08. The number of aromatic nitrogens is 5. The van der Waals surface area contributed by atoms with Crippen molar-refractivity contribution in [1.82, 2.24) is 25.1 Å². The molecule has 3 aromatic heterocycles. The highest BCUT2D eigenvalue weighted by atomic mass is 19.1. The highest BCUT2D eigenvalue weighted by Gasteiger charge is 2.25. The molecule has 0 saturated heterocycles. The van der Waals surface area contributed by atoms with Gasteiger partial charge in [0.15, 0.2) is 17.4 Å². The van der Waals surface area contributed by atoms with Crippen LogP contribution in [0.4, 0.5) is 21.8 Å². The SMILES string of the molecule is CN(C)c1cc(Nc2cc(C3CC3)[nH]n2)nc(Oc2ccc3[nH]ccc3c2F)n1. The third-order valence-electron chi connectivity index (χ3n) is 4.86. The lowest BCUT2D eigenvalue weighted by atomic mass is 10.2. The minimum absolute atomic E-state index is 0.0467. The van der Waals surface area contributed by atoms with Crippen LogP contribution in [-0.2, 0) is 0 Å². The Bertz CT molecular complexity index is 1180. The molecule has 0 spiro atoms. The van der Waals surface area contributed by atoms with Gasteiger partial charge in [-0.25, -0.2) is 4.39 Å². The van der Waals surface area contributed by atoms with E-state index in [1.165, 1.54) is 12.8 Å². The van der Waals surface area contributed by atoms with Gasteiger partial charge >= 0.3 is 6.01 Å². The number of aromatic amines is 2. The molecule has 1 saturated carbocycles. The van der Waals surface area contributed by atoms with Crippen LogP contribution >= 0.6 is 0 Å². The lowest BCUT2D eigenvalue weighted by Gasteiger charge is -2.14. The van der Waals surface area contributed by atoms with E-state index in [4.69, 9.17) is 4.74 Å². The van der Waals surface area contributed by atoms with Crippen LogP contribution in [0.25, 0.3) is 10.9 Å². The Morgan fingerprint density at radius 3 is 2.79 bits per heavy atom. The molecule has 0 unspecified atom stereocenters. The van der Waals surface area contributed by atoms with Gasteiger partial charge in [-0.3, -0.25) is 5.10 Å². The second kappa shape index (κ2) is 6.77. The number of H-pyrrole nitrogens is 2. The summed E-state index contributed by atoms with van der Waals surface area (Å²) in [6.07, 6.45) is 4.06. The zero-order valence-corrected chi connectivity index (χ0v) is 16.0. The van der Waals surface area contributed by atoms with Crippen molar-refractivity contribution in [2.24, 2.45) is 0 Å². The van der Waals surface area contributed by atoms with Gasteiger partial charge in [-0.15, -0.1) is 0 Å². The second-order valence-corrected chi connectivity index (χ2v) is 7.31. The molecule has 0 bridgehead atoms. The summed E-state index contributed by atoms with van der Waals surface area (Å²) in [5, 5.41) is 11.0. The van der Waals surface area contributed by atoms with Gasteiger partial charge in [0.2, 0.25) is 0 Å². The van der Waals surface area contributed by atoms with Gasteiger partial charge in [0, 0.05) is 54.9 Å². The van der Waals surface area contributed by atoms with Gasteiger partial charge in [0.1, 0.15) is 11.6 Å². The number of rotatable bonds is 6. The third kappa shape index (κ3) is 3.46. The van der Waals surface area contributed by atoms with E-state index < -0.39 is 5.82 Å². The van der Waals surface area contributed by atoms with E-state index in [0.717, 1.165) is 5.69 Å². The normalized spacial score (nSPS) is 13.6. The van der Waals surface area contributed by atoms with Crippen molar-refractivity contribution < 1.29 is 9.13 Å². The first-order valence-corrected chi connectivity index (χ1v) is 9.39. The molecule has 5 rings (SSSR count). The Hall–Kier alpha value is -3.62. The van der Waals surface area contributed by atoms with Gasteiger partial charge in [0.25, 0.3) is 0 Å². The first kappa shape index (κ1) is 17.5.